The summed E-state index contributed by atoms with van der Waals surface area (Å²) in [5.41, 5.74) is 3.35. The molecule has 0 spiro atoms. The number of amides is 1. The number of nitrogens with zero attached hydrogens (tertiary/aromatic N) is 2. The van der Waals surface area contributed by atoms with Crippen LogP contribution in [0, 0.1) is 11.3 Å². The molecule has 0 saturated heterocycles. The van der Waals surface area contributed by atoms with E-state index in [0.717, 1.165) is 16.5 Å². The first-order valence-electron chi connectivity index (χ1n) is 6.53. The number of nitriles is 1. The Hall–Kier alpha value is -2.12. The van der Waals surface area contributed by atoms with Crippen LogP contribution in [0.15, 0.2) is 48.5 Å². The van der Waals surface area contributed by atoms with Gasteiger partial charge in [-0.15, -0.1) is 0 Å². The van der Waals surface area contributed by atoms with Crippen LogP contribution >= 0.6 is 15.9 Å². The Morgan fingerprint density at radius 1 is 1.19 bits per heavy atom. The van der Waals surface area contributed by atoms with Crippen LogP contribution in [0.25, 0.3) is 0 Å². The zero-order valence-electron chi connectivity index (χ0n) is 11.7. The maximum atomic E-state index is 12.4. The number of carbonyl (C=O) groups is 1. The summed E-state index contributed by atoms with van der Waals surface area (Å²) in [5.74, 6) is -0.0292. The van der Waals surface area contributed by atoms with Gasteiger partial charge in [-0.3, -0.25) is 4.79 Å². The molecule has 0 radical (unpaired) electrons. The monoisotopic (exact) mass is 342 g/mol. The molecule has 4 heteroatoms. The Kier molecular flexibility index (Phi) is 5.13. The molecule has 0 heterocycles. The number of alkyl halides is 1. The topological polar surface area (TPSA) is 44.1 Å². The van der Waals surface area contributed by atoms with Crippen molar-refractivity contribution in [1.82, 2.24) is 4.90 Å². The van der Waals surface area contributed by atoms with Crippen molar-refractivity contribution in [2.75, 3.05) is 7.05 Å². The molecule has 0 bridgehead atoms. The quantitative estimate of drug-likeness (QED) is 0.794. The van der Waals surface area contributed by atoms with Gasteiger partial charge in [0, 0.05) is 24.5 Å². The number of carbonyl (C=O) groups excluding carboxylic acids is 1. The largest absolute Gasteiger partial charge is 0.337 e. The molecule has 0 fully saturated rings. The van der Waals surface area contributed by atoms with Crippen LogP contribution < -0.4 is 0 Å². The Morgan fingerprint density at radius 2 is 1.90 bits per heavy atom. The molecular formula is C17H15BrN2O. The van der Waals surface area contributed by atoms with Gasteiger partial charge in [-0.05, 0) is 35.4 Å². The molecule has 106 valence electrons. The standard InChI is InChI=1S/C17H15BrN2O/c1-20(12-15-4-2-3-14(9-15)11-19)17(21)16-7-5-13(10-18)6-8-16/h2-9H,10,12H2,1H3. The predicted molar refractivity (Wildman–Crippen MR) is 86.0 cm³/mol. The first kappa shape index (κ1) is 15.3. The van der Waals surface area contributed by atoms with Gasteiger partial charge in [0.15, 0.2) is 0 Å². The van der Waals surface area contributed by atoms with Crippen LogP contribution in [-0.4, -0.2) is 17.9 Å². The minimum absolute atomic E-state index is 0.0292. The van der Waals surface area contributed by atoms with Gasteiger partial charge in [-0.2, -0.15) is 5.26 Å². The number of halogens is 1. The SMILES string of the molecule is CN(Cc1cccc(C#N)c1)C(=O)c1ccc(CBr)cc1. The normalized spacial score (nSPS) is 9.95. The zero-order chi connectivity index (χ0) is 15.2. The fourth-order valence-electron chi connectivity index (χ4n) is 2.04. The Morgan fingerprint density at radius 3 is 2.52 bits per heavy atom. The van der Waals surface area contributed by atoms with Crippen LogP contribution in [0.4, 0.5) is 0 Å². The lowest BCUT2D eigenvalue weighted by atomic mass is 10.1. The molecule has 2 aromatic carbocycles. The summed E-state index contributed by atoms with van der Waals surface area (Å²) in [4.78, 5) is 14.0. The molecule has 0 N–H and O–H groups in total. The van der Waals surface area contributed by atoms with Crippen LogP contribution in [-0.2, 0) is 11.9 Å². The second-order valence-corrected chi connectivity index (χ2v) is 5.36. The molecule has 21 heavy (non-hydrogen) atoms. The fraction of sp³-hybridized carbons (Fsp3) is 0.176. The molecule has 3 nitrogen and oxygen atoms in total. The summed E-state index contributed by atoms with van der Waals surface area (Å²) in [6.45, 7) is 0.481. The molecule has 2 aromatic rings. The highest BCUT2D eigenvalue weighted by Crippen LogP contribution is 2.12. The highest BCUT2D eigenvalue weighted by atomic mass is 79.9. The van der Waals surface area contributed by atoms with Crippen LogP contribution in [0.1, 0.15) is 27.0 Å². The average Bonchev–Trinajstić information content (AvgIpc) is 2.54. The molecule has 0 aliphatic rings. The van der Waals surface area contributed by atoms with Crippen molar-refractivity contribution in [2.45, 2.75) is 11.9 Å². The molecule has 0 aliphatic heterocycles. The van der Waals surface area contributed by atoms with Crippen LogP contribution in [0.5, 0.6) is 0 Å². The molecule has 0 atom stereocenters. The van der Waals surface area contributed by atoms with Crippen molar-refractivity contribution in [3.8, 4) is 6.07 Å². The van der Waals surface area contributed by atoms with E-state index < -0.39 is 0 Å². The lowest BCUT2D eigenvalue weighted by Crippen LogP contribution is -2.26. The van der Waals surface area contributed by atoms with Crippen molar-refractivity contribution in [3.63, 3.8) is 0 Å². The molecular weight excluding hydrogens is 328 g/mol. The summed E-state index contributed by atoms with van der Waals surface area (Å²) in [6, 6.07) is 17.0. The van der Waals surface area contributed by atoms with E-state index in [0.29, 0.717) is 17.7 Å². The first-order valence-corrected chi connectivity index (χ1v) is 7.65. The molecule has 0 saturated carbocycles. The number of hydrogen-bond acceptors (Lipinski definition) is 2. The smallest absolute Gasteiger partial charge is 0.253 e. The third kappa shape index (κ3) is 3.93. The van der Waals surface area contributed by atoms with Gasteiger partial charge in [0.25, 0.3) is 5.91 Å². The van der Waals surface area contributed by atoms with Gasteiger partial charge >= 0.3 is 0 Å². The van der Waals surface area contributed by atoms with Gasteiger partial charge in [-0.1, -0.05) is 40.2 Å². The summed E-state index contributed by atoms with van der Waals surface area (Å²) < 4.78 is 0. The molecule has 0 aromatic heterocycles. The summed E-state index contributed by atoms with van der Waals surface area (Å²) >= 11 is 3.38. The van der Waals surface area contributed by atoms with E-state index >= 15 is 0 Å². The summed E-state index contributed by atoms with van der Waals surface area (Å²) in [5, 5.41) is 9.67. The minimum atomic E-state index is -0.0292. The van der Waals surface area contributed by atoms with Gasteiger partial charge in [0.2, 0.25) is 0 Å². The summed E-state index contributed by atoms with van der Waals surface area (Å²) in [6.07, 6.45) is 0. The maximum absolute atomic E-state index is 12.4. The van der Waals surface area contributed by atoms with E-state index in [2.05, 4.69) is 22.0 Å². The van der Waals surface area contributed by atoms with Crippen molar-refractivity contribution in [2.24, 2.45) is 0 Å². The van der Waals surface area contributed by atoms with E-state index in [-0.39, 0.29) is 5.91 Å². The van der Waals surface area contributed by atoms with E-state index in [9.17, 15) is 4.79 Å². The van der Waals surface area contributed by atoms with Gasteiger partial charge in [0.1, 0.15) is 0 Å². The van der Waals surface area contributed by atoms with Gasteiger partial charge in [0.05, 0.1) is 11.6 Å². The highest BCUT2D eigenvalue weighted by molar-refractivity contribution is 9.08. The second-order valence-electron chi connectivity index (χ2n) is 4.80. The Bertz CT molecular complexity index is 674. The van der Waals surface area contributed by atoms with E-state index in [1.807, 2.05) is 36.4 Å². The molecule has 0 aliphatic carbocycles. The average molecular weight is 343 g/mol. The minimum Gasteiger partial charge on any atom is -0.337 e. The predicted octanol–water partition coefficient (Wildman–Crippen LogP) is 3.73. The third-order valence-corrected chi connectivity index (χ3v) is 3.83. The fourth-order valence-corrected chi connectivity index (χ4v) is 2.42. The second kappa shape index (κ2) is 7.05. The highest BCUT2D eigenvalue weighted by Gasteiger charge is 2.12. The lowest BCUT2D eigenvalue weighted by molar-refractivity contribution is 0.0785. The van der Waals surface area contributed by atoms with Crippen molar-refractivity contribution >= 4 is 21.8 Å². The molecule has 0 unspecified atom stereocenters. The molecule has 1 amide bonds. The lowest BCUT2D eigenvalue weighted by Gasteiger charge is -2.17. The van der Waals surface area contributed by atoms with Crippen molar-refractivity contribution < 1.29 is 4.79 Å². The van der Waals surface area contributed by atoms with Gasteiger partial charge in [-0.25, -0.2) is 0 Å². The molecule has 2 rings (SSSR count). The van der Waals surface area contributed by atoms with Crippen molar-refractivity contribution in [1.29, 1.82) is 5.26 Å². The Balaban J connectivity index is 2.09. The zero-order valence-corrected chi connectivity index (χ0v) is 13.3. The van der Waals surface area contributed by atoms with Crippen molar-refractivity contribution in [3.05, 3.63) is 70.8 Å². The third-order valence-electron chi connectivity index (χ3n) is 3.18. The maximum Gasteiger partial charge on any atom is 0.253 e. The van der Waals surface area contributed by atoms with E-state index in [1.54, 1.807) is 24.1 Å². The Labute approximate surface area is 132 Å². The number of benzene rings is 2. The van der Waals surface area contributed by atoms with E-state index in [1.165, 1.54) is 0 Å². The van der Waals surface area contributed by atoms with Crippen LogP contribution in [0.3, 0.4) is 0 Å². The number of rotatable bonds is 4. The summed E-state index contributed by atoms with van der Waals surface area (Å²) in [7, 11) is 1.76. The van der Waals surface area contributed by atoms with Gasteiger partial charge < -0.3 is 4.90 Å². The van der Waals surface area contributed by atoms with Crippen LogP contribution in [0.2, 0.25) is 0 Å². The first-order chi connectivity index (χ1) is 10.1. The van der Waals surface area contributed by atoms with E-state index in [4.69, 9.17) is 5.26 Å². The number of hydrogen-bond donors (Lipinski definition) is 0.